The van der Waals surface area contributed by atoms with Crippen molar-refractivity contribution in [3.63, 3.8) is 0 Å². The number of imidazole rings is 1. The molecule has 1 aromatic heterocycles. The van der Waals surface area contributed by atoms with E-state index in [0.29, 0.717) is 13.2 Å². The summed E-state index contributed by atoms with van der Waals surface area (Å²) in [7, 11) is 1.65. The Morgan fingerprint density at radius 2 is 2.29 bits per heavy atom. The molecule has 0 aliphatic heterocycles. The molecule has 0 saturated heterocycles. The number of aromatic nitrogens is 2. The average molecular weight is 192 g/mol. The Bertz CT molecular complexity index is 411. The third-order valence-electron chi connectivity index (χ3n) is 1.95. The Morgan fingerprint density at radius 3 is 3.14 bits per heavy atom. The smallest absolute Gasteiger partial charge is 0.121 e. The van der Waals surface area contributed by atoms with E-state index in [1.807, 2.05) is 18.2 Å². The van der Waals surface area contributed by atoms with Crippen molar-refractivity contribution < 1.29 is 9.47 Å². The summed E-state index contributed by atoms with van der Waals surface area (Å²) in [6, 6.07) is 5.75. The van der Waals surface area contributed by atoms with Crippen LogP contribution in [0.25, 0.3) is 11.0 Å². The van der Waals surface area contributed by atoms with Crippen molar-refractivity contribution in [2.24, 2.45) is 0 Å². The van der Waals surface area contributed by atoms with Gasteiger partial charge in [-0.1, -0.05) is 0 Å². The Kier molecular flexibility index (Phi) is 2.65. The quantitative estimate of drug-likeness (QED) is 0.748. The number of nitrogens with one attached hydrogen (secondary N) is 1. The Balaban J connectivity index is 2.10. The van der Waals surface area contributed by atoms with Crippen LogP contribution in [-0.4, -0.2) is 30.3 Å². The van der Waals surface area contributed by atoms with Gasteiger partial charge < -0.3 is 14.5 Å². The SMILES string of the molecule is COCCOc1ccc2nc[nH]c2c1. The lowest BCUT2D eigenvalue weighted by atomic mass is 10.3. The molecule has 2 aromatic rings. The van der Waals surface area contributed by atoms with Crippen LogP contribution in [0.3, 0.4) is 0 Å². The topological polar surface area (TPSA) is 47.1 Å². The van der Waals surface area contributed by atoms with E-state index < -0.39 is 0 Å². The largest absolute Gasteiger partial charge is 0.491 e. The molecule has 14 heavy (non-hydrogen) atoms. The van der Waals surface area contributed by atoms with Gasteiger partial charge in [0.1, 0.15) is 12.4 Å². The van der Waals surface area contributed by atoms with Crippen LogP contribution in [-0.2, 0) is 4.74 Å². The highest BCUT2D eigenvalue weighted by atomic mass is 16.5. The minimum atomic E-state index is 0.566. The number of hydrogen-bond acceptors (Lipinski definition) is 3. The van der Waals surface area contributed by atoms with Gasteiger partial charge in [0, 0.05) is 13.2 Å². The maximum Gasteiger partial charge on any atom is 0.121 e. The molecule has 0 fully saturated rings. The van der Waals surface area contributed by atoms with E-state index in [1.54, 1.807) is 13.4 Å². The molecule has 74 valence electrons. The molecule has 0 spiro atoms. The van der Waals surface area contributed by atoms with Gasteiger partial charge in [-0.2, -0.15) is 0 Å². The summed E-state index contributed by atoms with van der Waals surface area (Å²) in [5.74, 6) is 0.832. The zero-order chi connectivity index (χ0) is 9.80. The van der Waals surface area contributed by atoms with Gasteiger partial charge in [0.05, 0.1) is 24.0 Å². The normalized spacial score (nSPS) is 10.6. The van der Waals surface area contributed by atoms with Gasteiger partial charge in [0.2, 0.25) is 0 Å². The summed E-state index contributed by atoms with van der Waals surface area (Å²) in [5, 5.41) is 0. The molecule has 0 bridgehead atoms. The Hall–Kier alpha value is -1.55. The fourth-order valence-corrected chi connectivity index (χ4v) is 1.25. The summed E-state index contributed by atoms with van der Waals surface area (Å²) in [6.07, 6.45) is 1.67. The molecule has 4 heteroatoms. The predicted molar refractivity (Wildman–Crippen MR) is 53.5 cm³/mol. The maximum atomic E-state index is 5.45. The first-order valence-corrected chi connectivity index (χ1v) is 4.45. The van der Waals surface area contributed by atoms with Crippen LogP contribution in [0.15, 0.2) is 24.5 Å². The van der Waals surface area contributed by atoms with E-state index in [2.05, 4.69) is 9.97 Å². The highest BCUT2D eigenvalue weighted by Crippen LogP contribution is 2.17. The summed E-state index contributed by atoms with van der Waals surface area (Å²) < 4.78 is 10.3. The molecule has 1 N–H and O–H groups in total. The van der Waals surface area contributed by atoms with Crippen LogP contribution < -0.4 is 4.74 Å². The first kappa shape index (κ1) is 9.02. The summed E-state index contributed by atoms with van der Waals surface area (Å²) in [6.45, 7) is 1.16. The molecule has 1 heterocycles. The lowest BCUT2D eigenvalue weighted by Crippen LogP contribution is -2.03. The van der Waals surface area contributed by atoms with Crippen LogP contribution in [0.5, 0.6) is 5.75 Å². The number of nitrogens with zero attached hydrogens (tertiary/aromatic N) is 1. The molecule has 0 saturated carbocycles. The van der Waals surface area contributed by atoms with E-state index in [0.717, 1.165) is 16.8 Å². The third-order valence-corrected chi connectivity index (χ3v) is 1.95. The summed E-state index contributed by atoms with van der Waals surface area (Å²) >= 11 is 0. The number of methoxy groups -OCH3 is 1. The fourth-order valence-electron chi connectivity index (χ4n) is 1.25. The van der Waals surface area contributed by atoms with E-state index in [4.69, 9.17) is 9.47 Å². The molecule has 0 amide bonds. The summed E-state index contributed by atoms with van der Waals surface area (Å²) in [5.41, 5.74) is 1.93. The number of benzene rings is 1. The van der Waals surface area contributed by atoms with Gasteiger partial charge in [0.15, 0.2) is 0 Å². The summed E-state index contributed by atoms with van der Waals surface area (Å²) in [4.78, 5) is 7.15. The van der Waals surface area contributed by atoms with Crippen molar-refractivity contribution in [2.45, 2.75) is 0 Å². The first-order valence-electron chi connectivity index (χ1n) is 4.45. The number of aromatic amines is 1. The van der Waals surface area contributed by atoms with Gasteiger partial charge in [-0.3, -0.25) is 0 Å². The molecule has 0 aliphatic rings. The number of H-pyrrole nitrogens is 1. The standard InChI is InChI=1S/C10H12N2O2/c1-13-4-5-14-8-2-3-9-10(6-8)12-7-11-9/h2-3,6-7H,4-5H2,1H3,(H,11,12). The lowest BCUT2D eigenvalue weighted by molar-refractivity contribution is 0.146. The van der Waals surface area contributed by atoms with Crippen molar-refractivity contribution in [1.82, 2.24) is 9.97 Å². The lowest BCUT2D eigenvalue weighted by Gasteiger charge is -2.04. The van der Waals surface area contributed by atoms with E-state index >= 15 is 0 Å². The zero-order valence-corrected chi connectivity index (χ0v) is 7.99. The molecule has 1 aromatic carbocycles. The van der Waals surface area contributed by atoms with E-state index in [-0.39, 0.29) is 0 Å². The van der Waals surface area contributed by atoms with Crippen molar-refractivity contribution in [3.8, 4) is 5.75 Å². The molecule has 0 radical (unpaired) electrons. The third kappa shape index (κ3) is 1.85. The second-order valence-corrected chi connectivity index (χ2v) is 2.92. The van der Waals surface area contributed by atoms with Crippen LogP contribution >= 0.6 is 0 Å². The van der Waals surface area contributed by atoms with Crippen molar-refractivity contribution in [2.75, 3.05) is 20.3 Å². The molecule has 0 atom stereocenters. The second-order valence-electron chi connectivity index (χ2n) is 2.92. The number of hydrogen-bond donors (Lipinski definition) is 1. The average Bonchev–Trinajstić information content (AvgIpc) is 2.65. The van der Waals surface area contributed by atoms with Gasteiger partial charge in [0.25, 0.3) is 0 Å². The van der Waals surface area contributed by atoms with Crippen LogP contribution in [0, 0.1) is 0 Å². The highest BCUT2D eigenvalue weighted by molar-refractivity contribution is 5.75. The highest BCUT2D eigenvalue weighted by Gasteiger charge is 1.98. The number of fused-ring (bicyclic) bond motifs is 1. The van der Waals surface area contributed by atoms with Crippen LogP contribution in [0.4, 0.5) is 0 Å². The Labute approximate surface area is 81.9 Å². The van der Waals surface area contributed by atoms with Crippen LogP contribution in [0.1, 0.15) is 0 Å². The zero-order valence-electron chi connectivity index (χ0n) is 7.99. The van der Waals surface area contributed by atoms with Gasteiger partial charge in [-0.15, -0.1) is 0 Å². The molecule has 0 aliphatic carbocycles. The van der Waals surface area contributed by atoms with Crippen molar-refractivity contribution in [1.29, 1.82) is 0 Å². The van der Waals surface area contributed by atoms with Crippen molar-refractivity contribution in [3.05, 3.63) is 24.5 Å². The molecule has 4 nitrogen and oxygen atoms in total. The van der Waals surface area contributed by atoms with Gasteiger partial charge in [-0.05, 0) is 12.1 Å². The van der Waals surface area contributed by atoms with E-state index in [1.165, 1.54) is 0 Å². The Morgan fingerprint density at radius 1 is 1.36 bits per heavy atom. The molecule has 0 unspecified atom stereocenters. The van der Waals surface area contributed by atoms with E-state index in [9.17, 15) is 0 Å². The number of rotatable bonds is 4. The van der Waals surface area contributed by atoms with Crippen molar-refractivity contribution >= 4 is 11.0 Å². The molecular weight excluding hydrogens is 180 g/mol. The minimum Gasteiger partial charge on any atom is -0.491 e. The fraction of sp³-hybridized carbons (Fsp3) is 0.300. The first-order chi connectivity index (χ1) is 6.90. The van der Waals surface area contributed by atoms with Gasteiger partial charge >= 0.3 is 0 Å². The van der Waals surface area contributed by atoms with Crippen LogP contribution in [0.2, 0.25) is 0 Å². The second kappa shape index (κ2) is 4.11. The number of ether oxygens (including phenoxy) is 2. The maximum absolute atomic E-state index is 5.45. The monoisotopic (exact) mass is 192 g/mol. The predicted octanol–water partition coefficient (Wildman–Crippen LogP) is 1.59. The minimum absolute atomic E-state index is 0.566. The van der Waals surface area contributed by atoms with Gasteiger partial charge in [-0.25, -0.2) is 4.98 Å². The molecular formula is C10H12N2O2. The molecule has 2 rings (SSSR count).